The van der Waals surface area contributed by atoms with Gasteiger partial charge in [-0.2, -0.15) is 5.10 Å². The van der Waals surface area contributed by atoms with Crippen molar-refractivity contribution in [3.63, 3.8) is 0 Å². The zero-order valence-electron chi connectivity index (χ0n) is 8.97. The Bertz CT molecular complexity index is 461. The highest BCUT2D eigenvalue weighted by Gasteiger charge is 2.04. The highest BCUT2D eigenvalue weighted by molar-refractivity contribution is 5.56. The summed E-state index contributed by atoms with van der Waals surface area (Å²) in [5.74, 6) is -0.341. The minimum atomic E-state index is -0.341. The van der Waals surface area contributed by atoms with Crippen molar-refractivity contribution >= 4 is 0 Å². The van der Waals surface area contributed by atoms with Crippen LogP contribution in [0, 0.1) is 5.82 Å². The fourth-order valence-electron chi connectivity index (χ4n) is 1.44. The van der Waals surface area contributed by atoms with E-state index < -0.39 is 0 Å². The topological polar surface area (TPSA) is 56.7 Å². The van der Waals surface area contributed by atoms with Crippen LogP contribution in [0.15, 0.2) is 30.7 Å². The van der Waals surface area contributed by atoms with Crippen LogP contribution in [0.25, 0.3) is 11.3 Å². The average Bonchev–Trinajstić information content (AvgIpc) is 2.66. The Kier molecular flexibility index (Phi) is 2.96. The van der Waals surface area contributed by atoms with Crippen LogP contribution in [0.5, 0.6) is 0 Å². The highest BCUT2D eigenvalue weighted by atomic mass is 19.1. The summed E-state index contributed by atoms with van der Waals surface area (Å²) in [6, 6.07) is 3.06. The standard InChI is InChI=1S/C11H13FN4/c1-8(13)6-16-7-9(4-15-16)11-3-2-10(12)5-14-11/h2-5,7-8H,6,13H2,1H3/t8-/m0/s1. The monoisotopic (exact) mass is 220 g/mol. The van der Waals surface area contributed by atoms with Crippen molar-refractivity contribution in [3.8, 4) is 11.3 Å². The van der Waals surface area contributed by atoms with Crippen LogP contribution in [-0.2, 0) is 6.54 Å². The van der Waals surface area contributed by atoms with E-state index in [1.54, 1.807) is 16.9 Å². The number of nitrogens with two attached hydrogens (primary N) is 1. The molecule has 2 N–H and O–H groups in total. The van der Waals surface area contributed by atoms with Gasteiger partial charge in [0.05, 0.1) is 24.6 Å². The van der Waals surface area contributed by atoms with E-state index in [1.807, 2.05) is 13.1 Å². The molecule has 2 heterocycles. The van der Waals surface area contributed by atoms with Gasteiger partial charge in [-0.15, -0.1) is 0 Å². The quantitative estimate of drug-likeness (QED) is 0.851. The second-order valence-corrected chi connectivity index (χ2v) is 3.79. The maximum absolute atomic E-state index is 12.7. The van der Waals surface area contributed by atoms with Crippen LogP contribution in [0.3, 0.4) is 0 Å². The average molecular weight is 220 g/mol. The minimum Gasteiger partial charge on any atom is -0.326 e. The van der Waals surface area contributed by atoms with E-state index >= 15 is 0 Å². The van der Waals surface area contributed by atoms with Crippen LogP contribution in [0.4, 0.5) is 4.39 Å². The third kappa shape index (κ3) is 2.43. The molecular weight excluding hydrogens is 207 g/mol. The van der Waals surface area contributed by atoms with Crippen LogP contribution < -0.4 is 5.73 Å². The maximum atomic E-state index is 12.7. The molecule has 0 bridgehead atoms. The second kappa shape index (κ2) is 4.40. The predicted octanol–water partition coefficient (Wildman–Crippen LogP) is 1.43. The normalized spacial score (nSPS) is 12.7. The second-order valence-electron chi connectivity index (χ2n) is 3.79. The number of hydrogen-bond donors (Lipinski definition) is 1. The molecule has 0 unspecified atom stereocenters. The molecule has 2 rings (SSSR count). The molecule has 0 saturated carbocycles. The highest BCUT2D eigenvalue weighted by Crippen LogP contribution is 2.15. The van der Waals surface area contributed by atoms with E-state index in [9.17, 15) is 4.39 Å². The van der Waals surface area contributed by atoms with Gasteiger partial charge in [0.25, 0.3) is 0 Å². The fourth-order valence-corrected chi connectivity index (χ4v) is 1.44. The molecule has 0 aliphatic carbocycles. The molecule has 1 atom stereocenters. The van der Waals surface area contributed by atoms with E-state index in [4.69, 9.17) is 5.73 Å². The van der Waals surface area contributed by atoms with Crippen molar-refractivity contribution in [1.82, 2.24) is 14.8 Å². The lowest BCUT2D eigenvalue weighted by atomic mass is 10.2. The van der Waals surface area contributed by atoms with E-state index in [0.29, 0.717) is 12.2 Å². The first-order chi connectivity index (χ1) is 7.65. The largest absolute Gasteiger partial charge is 0.326 e. The zero-order valence-corrected chi connectivity index (χ0v) is 8.97. The number of hydrogen-bond acceptors (Lipinski definition) is 3. The molecule has 16 heavy (non-hydrogen) atoms. The van der Waals surface area contributed by atoms with E-state index in [2.05, 4.69) is 10.1 Å². The molecule has 0 radical (unpaired) electrons. The van der Waals surface area contributed by atoms with Gasteiger partial charge in [0.1, 0.15) is 5.82 Å². The van der Waals surface area contributed by atoms with E-state index in [-0.39, 0.29) is 11.9 Å². The van der Waals surface area contributed by atoms with Gasteiger partial charge < -0.3 is 5.73 Å². The van der Waals surface area contributed by atoms with Gasteiger partial charge in [-0.05, 0) is 19.1 Å². The molecule has 0 saturated heterocycles. The van der Waals surface area contributed by atoms with Gasteiger partial charge in [0.15, 0.2) is 0 Å². The summed E-state index contributed by atoms with van der Waals surface area (Å²) in [6.45, 7) is 2.57. The van der Waals surface area contributed by atoms with Crippen LogP contribution in [-0.4, -0.2) is 20.8 Å². The van der Waals surface area contributed by atoms with Crippen molar-refractivity contribution < 1.29 is 4.39 Å². The first kappa shape index (κ1) is 10.8. The number of aromatic nitrogens is 3. The van der Waals surface area contributed by atoms with Crippen molar-refractivity contribution in [2.24, 2.45) is 5.73 Å². The third-order valence-corrected chi connectivity index (χ3v) is 2.13. The van der Waals surface area contributed by atoms with Crippen LogP contribution >= 0.6 is 0 Å². The molecular formula is C11H13FN4. The molecule has 2 aromatic rings. The Hall–Kier alpha value is -1.75. The maximum Gasteiger partial charge on any atom is 0.141 e. The SMILES string of the molecule is C[C@H](N)Cn1cc(-c2ccc(F)cn2)cn1. The van der Waals surface area contributed by atoms with Gasteiger partial charge in [0.2, 0.25) is 0 Å². The van der Waals surface area contributed by atoms with Crippen molar-refractivity contribution in [3.05, 3.63) is 36.5 Å². The fraction of sp³-hybridized carbons (Fsp3) is 0.273. The third-order valence-electron chi connectivity index (χ3n) is 2.13. The van der Waals surface area contributed by atoms with Crippen LogP contribution in [0.2, 0.25) is 0 Å². The molecule has 4 nitrogen and oxygen atoms in total. The molecule has 84 valence electrons. The van der Waals surface area contributed by atoms with Crippen molar-refractivity contribution in [2.45, 2.75) is 19.5 Å². The lowest BCUT2D eigenvalue weighted by molar-refractivity contribution is 0.539. The summed E-state index contributed by atoms with van der Waals surface area (Å²) in [5, 5.41) is 4.16. The Balaban J connectivity index is 2.21. The van der Waals surface area contributed by atoms with Crippen molar-refractivity contribution in [2.75, 3.05) is 0 Å². The molecule has 0 aliphatic heterocycles. The summed E-state index contributed by atoms with van der Waals surface area (Å²) in [4.78, 5) is 3.98. The number of rotatable bonds is 3. The Morgan fingerprint density at radius 2 is 2.25 bits per heavy atom. The zero-order chi connectivity index (χ0) is 11.5. The smallest absolute Gasteiger partial charge is 0.141 e. The van der Waals surface area contributed by atoms with Crippen LogP contribution in [0.1, 0.15) is 6.92 Å². The summed E-state index contributed by atoms with van der Waals surface area (Å²) >= 11 is 0. The molecule has 5 heteroatoms. The van der Waals surface area contributed by atoms with Gasteiger partial charge in [-0.3, -0.25) is 9.67 Å². The molecule has 0 spiro atoms. The van der Waals surface area contributed by atoms with Gasteiger partial charge >= 0.3 is 0 Å². The first-order valence-electron chi connectivity index (χ1n) is 5.05. The number of nitrogens with zero attached hydrogens (tertiary/aromatic N) is 3. The Labute approximate surface area is 92.9 Å². The van der Waals surface area contributed by atoms with Gasteiger partial charge in [-0.1, -0.05) is 0 Å². The molecule has 0 aromatic carbocycles. The van der Waals surface area contributed by atoms with Gasteiger partial charge in [0, 0.05) is 17.8 Å². The van der Waals surface area contributed by atoms with E-state index in [0.717, 1.165) is 5.56 Å². The summed E-state index contributed by atoms with van der Waals surface area (Å²) < 4.78 is 14.4. The molecule has 0 amide bonds. The number of pyridine rings is 1. The molecule has 0 aliphatic rings. The lowest BCUT2D eigenvalue weighted by Crippen LogP contribution is -2.22. The Morgan fingerprint density at radius 3 is 2.88 bits per heavy atom. The first-order valence-corrected chi connectivity index (χ1v) is 5.05. The number of halogens is 1. The summed E-state index contributed by atoms with van der Waals surface area (Å²) in [6.07, 6.45) is 4.74. The van der Waals surface area contributed by atoms with Crippen molar-refractivity contribution in [1.29, 1.82) is 0 Å². The van der Waals surface area contributed by atoms with E-state index in [1.165, 1.54) is 12.3 Å². The summed E-state index contributed by atoms with van der Waals surface area (Å²) in [7, 11) is 0. The Morgan fingerprint density at radius 1 is 1.44 bits per heavy atom. The predicted molar refractivity (Wildman–Crippen MR) is 59.1 cm³/mol. The lowest BCUT2D eigenvalue weighted by Gasteiger charge is -2.03. The van der Waals surface area contributed by atoms with Gasteiger partial charge in [-0.25, -0.2) is 4.39 Å². The minimum absolute atomic E-state index is 0.0499. The molecule has 0 fully saturated rings. The summed E-state index contributed by atoms with van der Waals surface area (Å²) in [5.41, 5.74) is 7.23. The molecule has 2 aromatic heterocycles.